The third kappa shape index (κ3) is 6.28. The number of nitrogens with one attached hydrogen (secondary N) is 1. The van der Waals surface area contributed by atoms with Gasteiger partial charge in [-0.1, -0.05) is 0 Å². The number of aromatic nitrogens is 3. The van der Waals surface area contributed by atoms with Crippen molar-refractivity contribution in [1.82, 2.24) is 19.4 Å². The van der Waals surface area contributed by atoms with E-state index in [1.165, 1.54) is 12.1 Å². The van der Waals surface area contributed by atoms with Crippen molar-refractivity contribution in [2.24, 2.45) is 13.0 Å². The molecule has 0 spiro atoms. The highest BCUT2D eigenvalue weighted by molar-refractivity contribution is 5.83. The van der Waals surface area contributed by atoms with Crippen molar-refractivity contribution in [2.45, 2.75) is 45.3 Å². The Balaban J connectivity index is 1.25. The van der Waals surface area contributed by atoms with Gasteiger partial charge < -0.3 is 19.5 Å². The Bertz CT molecular complexity index is 1490. The van der Waals surface area contributed by atoms with Crippen LogP contribution in [-0.4, -0.2) is 44.3 Å². The molecule has 1 N–H and O–H groups in total. The Hall–Kier alpha value is -3.92. The number of rotatable bonds is 8. The summed E-state index contributed by atoms with van der Waals surface area (Å²) in [5.41, 5.74) is 1.95. The standard InChI is InChI=1S/C30H32F3N5O2/c1-19(2)38-14-11-20(12-15-38)28(39)17-23-16-25(10-13-34-23)40-24-8-9-27-26(18-24)36-29(37(27)3)35-22-6-4-21(5-7-22)30(31,32)33/h4-10,13,16,18-20H,11-12,14-15,17H2,1-3H3,(H,35,36). The number of ketones is 1. The molecule has 0 aliphatic carbocycles. The van der Waals surface area contributed by atoms with Gasteiger partial charge in [0.25, 0.3) is 0 Å². The zero-order chi connectivity index (χ0) is 28.4. The van der Waals surface area contributed by atoms with Gasteiger partial charge in [0.05, 0.1) is 22.3 Å². The number of alkyl halides is 3. The van der Waals surface area contributed by atoms with Crippen LogP contribution in [0.25, 0.3) is 11.0 Å². The number of hydrogen-bond acceptors (Lipinski definition) is 6. The second-order valence-corrected chi connectivity index (χ2v) is 10.5. The van der Waals surface area contributed by atoms with E-state index in [-0.39, 0.29) is 18.1 Å². The van der Waals surface area contributed by atoms with Crippen LogP contribution in [0.1, 0.15) is 37.9 Å². The van der Waals surface area contributed by atoms with E-state index in [1.807, 2.05) is 23.7 Å². The van der Waals surface area contributed by atoms with Crippen LogP contribution in [0.4, 0.5) is 24.8 Å². The van der Waals surface area contributed by atoms with Gasteiger partial charge in [-0.25, -0.2) is 4.98 Å². The highest BCUT2D eigenvalue weighted by Crippen LogP contribution is 2.32. The van der Waals surface area contributed by atoms with Gasteiger partial charge in [0.2, 0.25) is 5.95 Å². The van der Waals surface area contributed by atoms with Crippen molar-refractivity contribution >= 4 is 28.5 Å². The van der Waals surface area contributed by atoms with Gasteiger partial charge in [-0.2, -0.15) is 13.2 Å². The van der Waals surface area contributed by atoms with Crippen LogP contribution in [0.5, 0.6) is 11.5 Å². The summed E-state index contributed by atoms with van der Waals surface area (Å²) in [6, 6.07) is 14.3. The Labute approximate surface area is 231 Å². The molecule has 0 amide bonds. The number of piperidine rings is 1. The second kappa shape index (κ2) is 11.3. The fourth-order valence-electron chi connectivity index (χ4n) is 5.04. The molecule has 0 saturated carbocycles. The first-order valence-corrected chi connectivity index (χ1v) is 13.4. The topological polar surface area (TPSA) is 72.3 Å². The first kappa shape index (κ1) is 27.6. The first-order chi connectivity index (χ1) is 19.1. The largest absolute Gasteiger partial charge is 0.457 e. The second-order valence-electron chi connectivity index (χ2n) is 10.5. The lowest BCUT2D eigenvalue weighted by Gasteiger charge is -2.33. The molecule has 2 aromatic heterocycles. The van der Waals surface area contributed by atoms with Crippen molar-refractivity contribution < 1.29 is 22.7 Å². The molecule has 2 aromatic carbocycles. The highest BCUT2D eigenvalue weighted by Gasteiger charge is 2.30. The molecule has 10 heteroatoms. The first-order valence-electron chi connectivity index (χ1n) is 13.4. The molecule has 0 radical (unpaired) electrons. The number of hydrogen-bond donors (Lipinski definition) is 1. The fourth-order valence-corrected chi connectivity index (χ4v) is 5.04. The lowest BCUT2D eigenvalue weighted by atomic mass is 9.90. The molecule has 0 unspecified atom stereocenters. The van der Waals surface area contributed by atoms with Gasteiger partial charge in [0, 0.05) is 49.4 Å². The average Bonchev–Trinajstić information content (AvgIpc) is 3.22. The Kier molecular flexibility index (Phi) is 7.80. The molecule has 5 rings (SSSR count). The maximum absolute atomic E-state index is 12.9. The quantitative estimate of drug-likeness (QED) is 0.261. The summed E-state index contributed by atoms with van der Waals surface area (Å²) in [5.74, 6) is 1.91. The van der Waals surface area contributed by atoms with E-state index in [1.54, 1.807) is 24.4 Å². The van der Waals surface area contributed by atoms with Gasteiger partial charge >= 0.3 is 6.18 Å². The number of halogens is 3. The minimum Gasteiger partial charge on any atom is -0.457 e. The number of pyridine rings is 1. The van der Waals surface area contributed by atoms with Gasteiger partial charge in [-0.15, -0.1) is 0 Å². The number of fused-ring (bicyclic) bond motifs is 1. The molecular formula is C30H32F3N5O2. The minimum atomic E-state index is -4.39. The Morgan fingerprint density at radius 1 is 1.05 bits per heavy atom. The SMILES string of the molecule is CC(C)N1CCC(C(=O)Cc2cc(Oc3ccc4c(c3)nc(Nc3ccc(C(F)(F)F)cc3)n4C)ccn2)CC1. The van der Waals surface area contributed by atoms with Crippen molar-refractivity contribution in [3.63, 3.8) is 0 Å². The summed E-state index contributed by atoms with van der Waals surface area (Å²) in [6.07, 6.45) is -0.699. The van der Waals surface area contributed by atoms with Crippen LogP contribution in [-0.2, 0) is 24.4 Å². The maximum atomic E-state index is 12.9. The summed E-state index contributed by atoms with van der Waals surface area (Å²) in [4.78, 5) is 24.3. The molecule has 1 fully saturated rings. The van der Waals surface area contributed by atoms with Gasteiger partial charge in [-0.05, 0) is 82.2 Å². The van der Waals surface area contributed by atoms with Crippen LogP contribution in [0.15, 0.2) is 60.8 Å². The van der Waals surface area contributed by atoms with Crippen LogP contribution < -0.4 is 10.1 Å². The predicted octanol–water partition coefficient (Wildman–Crippen LogP) is 6.76. The average molecular weight is 552 g/mol. The molecule has 7 nitrogen and oxygen atoms in total. The lowest BCUT2D eigenvalue weighted by Crippen LogP contribution is -2.40. The minimum absolute atomic E-state index is 0.0679. The number of imidazole rings is 1. The van der Waals surface area contributed by atoms with Gasteiger partial charge in [-0.3, -0.25) is 9.78 Å². The lowest BCUT2D eigenvalue weighted by molar-refractivity contribution is -0.137. The molecule has 0 bridgehead atoms. The summed E-state index contributed by atoms with van der Waals surface area (Å²) in [7, 11) is 1.82. The normalized spacial score (nSPS) is 15.1. The summed E-state index contributed by atoms with van der Waals surface area (Å²) < 4.78 is 46.5. The molecule has 1 aliphatic heterocycles. The van der Waals surface area contributed by atoms with Crippen LogP contribution in [0.2, 0.25) is 0 Å². The molecule has 210 valence electrons. The zero-order valence-electron chi connectivity index (χ0n) is 22.7. The number of aryl methyl sites for hydroxylation is 1. The van der Waals surface area contributed by atoms with Gasteiger partial charge in [0.15, 0.2) is 0 Å². The Morgan fingerprint density at radius 3 is 2.42 bits per heavy atom. The molecule has 4 aromatic rings. The number of benzene rings is 2. The van der Waals surface area contributed by atoms with E-state index >= 15 is 0 Å². The third-order valence-electron chi connectivity index (χ3n) is 7.41. The number of anilines is 2. The maximum Gasteiger partial charge on any atom is 0.416 e. The summed E-state index contributed by atoms with van der Waals surface area (Å²) in [5, 5.41) is 3.07. The number of likely N-dealkylation sites (tertiary alicyclic amines) is 1. The molecular weight excluding hydrogens is 519 g/mol. The van der Waals surface area contributed by atoms with Crippen LogP contribution >= 0.6 is 0 Å². The monoisotopic (exact) mass is 551 g/mol. The van der Waals surface area contributed by atoms with Crippen molar-refractivity contribution in [3.8, 4) is 11.5 Å². The van der Waals surface area contributed by atoms with E-state index in [9.17, 15) is 18.0 Å². The van der Waals surface area contributed by atoms with E-state index in [0.717, 1.165) is 43.6 Å². The number of ether oxygens (including phenoxy) is 1. The summed E-state index contributed by atoms with van der Waals surface area (Å²) in [6.45, 7) is 6.26. The summed E-state index contributed by atoms with van der Waals surface area (Å²) >= 11 is 0. The van der Waals surface area contributed by atoms with Crippen molar-refractivity contribution in [2.75, 3.05) is 18.4 Å². The molecule has 1 aliphatic rings. The zero-order valence-corrected chi connectivity index (χ0v) is 22.7. The predicted molar refractivity (Wildman–Crippen MR) is 148 cm³/mol. The number of nitrogens with zero attached hydrogens (tertiary/aromatic N) is 4. The van der Waals surface area contributed by atoms with E-state index in [4.69, 9.17) is 4.74 Å². The van der Waals surface area contributed by atoms with E-state index < -0.39 is 11.7 Å². The van der Waals surface area contributed by atoms with Gasteiger partial charge in [0.1, 0.15) is 17.3 Å². The molecule has 0 atom stereocenters. The number of carbonyl (C=O) groups is 1. The molecule has 40 heavy (non-hydrogen) atoms. The fraction of sp³-hybridized carbons (Fsp3) is 0.367. The smallest absolute Gasteiger partial charge is 0.416 e. The van der Waals surface area contributed by atoms with Crippen LogP contribution in [0.3, 0.4) is 0 Å². The number of Topliss-reactive ketones (excluding diaryl/α,β-unsaturated/α-hetero) is 1. The van der Waals surface area contributed by atoms with E-state index in [2.05, 4.69) is 34.0 Å². The van der Waals surface area contributed by atoms with E-state index in [0.29, 0.717) is 40.4 Å². The Morgan fingerprint density at radius 2 is 1.75 bits per heavy atom. The van der Waals surface area contributed by atoms with Crippen molar-refractivity contribution in [3.05, 3.63) is 72.1 Å². The molecule has 1 saturated heterocycles. The third-order valence-corrected chi connectivity index (χ3v) is 7.41. The van der Waals surface area contributed by atoms with Crippen LogP contribution in [0, 0.1) is 5.92 Å². The molecule has 3 heterocycles. The highest BCUT2D eigenvalue weighted by atomic mass is 19.4. The van der Waals surface area contributed by atoms with Crippen molar-refractivity contribution in [1.29, 1.82) is 0 Å². The number of carbonyl (C=O) groups excluding carboxylic acids is 1.